The Morgan fingerprint density at radius 2 is 1.54 bits per heavy atom. The van der Waals surface area contributed by atoms with Crippen LogP contribution < -0.4 is 0 Å². The zero-order valence-corrected chi connectivity index (χ0v) is 14.9. The van der Waals surface area contributed by atoms with Gasteiger partial charge in [-0.15, -0.1) is 0 Å². The van der Waals surface area contributed by atoms with E-state index in [1.54, 1.807) is 6.20 Å². The molecule has 0 aliphatic rings. The fourth-order valence-corrected chi connectivity index (χ4v) is 3.34. The smallest absolute Gasteiger partial charge is 0.110 e. The fourth-order valence-electron chi connectivity index (χ4n) is 3.34. The first-order valence-electron chi connectivity index (χ1n) is 9.09. The van der Waals surface area contributed by atoms with Crippen molar-refractivity contribution in [2.75, 3.05) is 0 Å². The Balaban J connectivity index is 1.67. The molecule has 1 N–H and O–H groups in total. The van der Waals surface area contributed by atoms with E-state index in [4.69, 9.17) is 0 Å². The molecule has 3 aromatic carbocycles. The average molecular weight is 338 g/mol. The lowest BCUT2D eigenvalue weighted by molar-refractivity contribution is 1.03. The number of imidazole rings is 1. The van der Waals surface area contributed by atoms with Crippen LogP contribution in [0, 0.1) is 0 Å². The molecule has 0 unspecified atom stereocenters. The normalized spacial score (nSPS) is 10.8. The highest BCUT2D eigenvalue weighted by Gasteiger charge is 2.08. The largest absolute Gasteiger partial charge is 0.348 e. The lowest BCUT2D eigenvalue weighted by Crippen LogP contribution is -1.91. The Bertz CT molecular complexity index is 983. The minimum Gasteiger partial charge on any atom is -0.348 e. The van der Waals surface area contributed by atoms with Crippen molar-refractivity contribution in [3.63, 3.8) is 0 Å². The van der Waals surface area contributed by atoms with Crippen molar-refractivity contribution in [2.45, 2.75) is 19.8 Å². The zero-order valence-electron chi connectivity index (χ0n) is 14.9. The standard InChI is InChI=1S/C24H22N2/c1-2-18-6-5-7-21(16-18)23-9-4-3-8-22(23)20-12-10-19(11-13-20)17-24-25-14-15-26-24/h3-16H,2,17H2,1H3,(H,25,26). The highest BCUT2D eigenvalue weighted by molar-refractivity contribution is 5.83. The van der Waals surface area contributed by atoms with Crippen LogP contribution in [0.25, 0.3) is 22.3 Å². The SMILES string of the molecule is CCc1cccc(-c2ccccc2-c2ccc(Cc3ncc[nH]3)cc2)c1. The molecular formula is C24H22N2. The Hall–Kier alpha value is -3.13. The molecule has 0 spiro atoms. The van der Waals surface area contributed by atoms with E-state index in [2.05, 4.69) is 89.7 Å². The van der Waals surface area contributed by atoms with E-state index in [9.17, 15) is 0 Å². The van der Waals surface area contributed by atoms with E-state index in [-0.39, 0.29) is 0 Å². The Kier molecular flexibility index (Phi) is 4.65. The molecule has 1 aromatic heterocycles. The maximum Gasteiger partial charge on any atom is 0.110 e. The summed E-state index contributed by atoms with van der Waals surface area (Å²) >= 11 is 0. The molecule has 0 aliphatic heterocycles. The molecule has 0 saturated carbocycles. The summed E-state index contributed by atoms with van der Waals surface area (Å²) in [5, 5.41) is 0. The van der Waals surface area contributed by atoms with Crippen LogP contribution in [-0.4, -0.2) is 9.97 Å². The number of aromatic nitrogens is 2. The van der Waals surface area contributed by atoms with Crippen molar-refractivity contribution >= 4 is 0 Å². The first-order valence-corrected chi connectivity index (χ1v) is 9.09. The minimum absolute atomic E-state index is 0.827. The summed E-state index contributed by atoms with van der Waals surface area (Å²) in [5.41, 5.74) is 7.69. The minimum atomic E-state index is 0.827. The van der Waals surface area contributed by atoms with Crippen molar-refractivity contribution in [3.05, 3.63) is 102 Å². The van der Waals surface area contributed by atoms with Crippen LogP contribution in [0.3, 0.4) is 0 Å². The fraction of sp³-hybridized carbons (Fsp3) is 0.125. The highest BCUT2D eigenvalue weighted by Crippen LogP contribution is 2.32. The van der Waals surface area contributed by atoms with Crippen LogP contribution in [0.4, 0.5) is 0 Å². The van der Waals surface area contributed by atoms with Crippen molar-refractivity contribution < 1.29 is 0 Å². The molecule has 2 heteroatoms. The molecule has 0 saturated heterocycles. The summed E-state index contributed by atoms with van der Waals surface area (Å²) in [6, 6.07) is 26.3. The lowest BCUT2D eigenvalue weighted by atomic mass is 9.93. The predicted octanol–water partition coefficient (Wildman–Crippen LogP) is 5.90. The van der Waals surface area contributed by atoms with Crippen LogP contribution in [0.2, 0.25) is 0 Å². The molecule has 0 bridgehead atoms. The molecule has 0 aliphatic carbocycles. The number of H-pyrrole nitrogens is 1. The first kappa shape index (κ1) is 16.3. The van der Waals surface area contributed by atoms with E-state index in [0.29, 0.717) is 0 Å². The van der Waals surface area contributed by atoms with E-state index in [1.807, 2.05) is 6.20 Å². The van der Waals surface area contributed by atoms with Gasteiger partial charge in [0.1, 0.15) is 5.82 Å². The van der Waals surface area contributed by atoms with Crippen LogP contribution in [0.15, 0.2) is 85.2 Å². The molecule has 1 heterocycles. The monoisotopic (exact) mass is 338 g/mol. The van der Waals surface area contributed by atoms with E-state index in [0.717, 1.165) is 18.7 Å². The molecule has 128 valence electrons. The second kappa shape index (κ2) is 7.40. The van der Waals surface area contributed by atoms with E-state index < -0.39 is 0 Å². The molecule has 26 heavy (non-hydrogen) atoms. The Morgan fingerprint density at radius 1 is 0.769 bits per heavy atom. The van der Waals surface area contributed by atoms with Gasteiger partial charge in [0.15, 0.2) is 0 Å². The second-order valence-corrected chi connectivity index (χ2v) is 6.51. The quantitative estimate of drug-likeness (QED) is 0.482. The molecular weight excluding hydrogens is 316 g/mol. The maximum absolute atomic E-state index is 4.31. The number of rotatable bonds is 5. The van der Waals surface area contributed by atoms with Gasteiger partial charge in [-0.1, -0.05) is 79.7 Å². The third kappa shape index (κ3) is 3.45. The number of nitrogens with one attached hydrogen (secondary N) is 1. The lowest BCUT2D eigenvalue weighted by Gasteiger charge is -2.12. The summed E-state index contributed by atoms with van der Waals surface area (Å²) < 4.78 is 0. The van der Waals surface area contributed by atoms with Crippen molar-refractivity contribution in [2.24, 2.45) is 0 Å². The third-order valence-electron chi connectivity index (χ3n) is 4.76. The summed E-state index contributed by atoms with van der Waals surface area (Å²) in [4.78, 5) is 7.47. The van der Waals surface area contributed by atoms with E-state index >= 15 is 0 Å². The van der Waals surface area contributed by atoms with E-state index in [1.165, 1.54) is 33.4 Å². The first-order chi connectivity index (χ1) is 12.8. The predicted molar refractivity (Wildman–Crippen MR) is 108 cm³/mol. The molecule has 2 nitrogen and oxygen atoms in total. The molecule has 0 radical (unpaired) electrons. The van der Waals surface area contributed by atoms with Gasteiger partial charge in [0, 0.05) is 18.8 Å². The Labute approximate surface area is 154 Å². The number of nitrogens with zero attached hydrogens (tertiary/aromatic N) is 1. The van der Waals surface area contributed by atoms with Gasteiger partial charge in [0.05, 0.1) is 0 Å². The van der Waals surface area contributed by atoms with Gasteiger partial charge >= 0.3 is 0 Å². The number of hydrogen-bond acceptors (Lipinski definition) is 1. The van der Waals surface area contributed by atoms with Crippen LogP contribution in [-0.2, 0) is 12.8 Å². The summed E-state index contributed by atoms with van der Waals surface area (Å²) in [7, 11) is 0. The average Bonchev–Trinajstić information content (AvgIpc) is 3.22. The number of hydrogen-bond donors (Lipinski definition) is 1. The third-order valence-corrected chi connectivity index (χ3v) is 4.76. The number of aryl methyl sites for hydroxylation is 1. The van der Waals surface area contributed by atoms with Gasteiger partial charge in [-0.05, 0) is 39.8 Å². The van der Waals surface area contributed by atoms with Gasteiger partial charge in [-0.3, -0.25) is 0 Å². The van der Waals surface area contributed by atoms with Crippen molar-refractivity contribution in [1.29, 1.82) is 0 Å². The van der Waals surface area contributed by atoms with Gasteiger partial charge in [0.2, 0.25) is 0 Å². The van der Waals surface area contributed by atoms with Crippen molar-refractivity contribution in [3.8, 4) is 22.3 Å². The summed E-state index contributed by atoms with van der Waals surface area (Å²) in [6.07, 6.45) is 5.54. The van der Waals surface area contributed by atoms with Crippen LogP contribution in [0.5, 0.6) is 0 Å². The summed E-state index contributed by atoms with van der Waals surface area (Å²) in [5.74, 6) is 0.995. The zero-order chi connectivity index (χ0) is 17.8. The van der Waals surface area contributed by atoms with Gasteiger partial charge < -0.3 is 4.98 Å². The number of benzene rings is 3. The van der Waals surface area contributed by atoms with Gasteiger partial charge in [0.25, 0.3) is 0 Å². The van der Waals surface area contributed by atoms with Gasteiger partial charge in [-0.25, -0.2) is 4.98 Å². The molecule has 0 fully saturated rings. The van der Waals surface area contributed by atoms with Gasteiger partial charge in [-0.2, -0.15) is 0 Å². The maximum atomic E-state index is 4.31. The van der Waals surface area contributed by atoms with Crippen LogP contribution >= 0.6 is 0 Å². The molecule has 0 atom stereocenters. The highest BCUT2D eigenvalue weighted by atomic mass is 14.9. The topological polar surface area (TPSA) is 28.7 Å². The van der Waals surface area contributed by atoms with Crippen molar-refractivity contribution in [1.82, 2.24) is 9.97 Å². The number of aromatic amines is 1. The molecule has 0 amide bonds. The van der Waals surface area contributed by atoms with Crippen LogP contribution in [0.1, 0.15) is 23.9 Å². The second-order valence-electron chi connectivity index (χ2n) is 6.51. The molecule has 4 rings (SSSR count). The molecule has 4 aromatic rings. The Morgan fingerprint density at radius 3 is 2.23 bits per heavy atom. The summed E-state index contributed by atoms with van der Waals surface area (Å²) in [6.45, 7) is 2.20.